The summed E-state index contributed by atoms with van der Waals surface area (Å²) in [7, 11) is 1.46. The van der Waals surface area contributed by atoms with Gasteiger partial charge < -0.3 is 4.74 Å². The molecule has 2 aliphatic carbocycles. The van der Waals surface area contributed by atoms with Gasteiger partial charge in [-0.2, -0.15) is 0 Å². The average Bonchev–Trinajstić information content (AvgIpc) is 2.65. The van der Waals surface area contributed by atoms with Gasteiger partial charge in [-0.25, -0.2) is 0 Å². The van der Waals surface area contributed by atoms with E-state index in [0.717, 1.165) is 19.3 Å². The van der Waals surface area contributed by atoms with Gasteiger partial charge in [-0.1, -0.05) is 30.4 Å². The summed E-state index contributed by atoms with van der Waals surface area (Å²) < 4.78 is 4.85. The van der Waals surface area contributed by atoms with E-state index in [1.165, 1.54) is 12.7 Å². The monoisotopic (exact) mass is 204 g/mol. The van der Waals surface area contributed by atoms with E-state index in [4.69, 9.17) is 4.74 Å². The van der Waals surface area contributed by atoms with E-state index in [0.29, 0.717) is 5.92 Å². The minimum Gasteiger partial charge on any atom is -0.469 e. The minimum absolute atomic E-state index is 0.0892. The van der Waals surface area contributed by atoms with Crippen LogP contribution in [0.5, 0.6) is 0 Å². The molecule has 2 rings (SSSR count). The van der Waals surface area contributed by atoms with Crippen molar-refractivity contribution in [2.45, 2.75) is 19.3 Å². The Morgan fingerprint density at radius 3 is 3.13 bits per heavy atom. The molecule has 15 heavy (non-hydrogen) atoms. The van der Waals surface area contributed by atoms with Crippen LogP contribution in [0.1, 0.15) is 19.3 Å². The van der Waals surface area contributed by atoms with Gasteiger partial charge in [0.2, 0.25) is 0 Å². The summed E-state index contributed by atoms with van der Waals surface area (Å²) in [4.78, 5) is 11.6. The number of carbonyl (C=O) groups excluding carboxylic acids is 1. The molecule has 0 bridgehead atoms. The molecule has 0 aromatic rings. The smallest absolute Gasteiger partial charge is 0.313 e. The Kier molecular flexibility index (Phi) is 3.05. The molecule has 0 aromatic carbocycles. The Bertz CT molecular complexity index is 336. The predicted molar refractivity (Wildman–Crippen MR) is 59.2 cm³/mol. The zero-order valence-corrected chi connectivity index (χ0v) is 8.98. The fraction of sp³-hybridized carbons (Fsp3) is 0.462. The van der Waals surface area contributed by atoms with Crippen LogP contribution in [0.4, 0.5) is 0 Å². The third kappa shape index (κ3) is 2.04. The standard InChI is InChI=1S/C13H16O2/c1-15-13(14)12-8-4-2-3-6-10-7-5-9-11(10)12/h3-4,6-8,11-12H,2,5,9H2,1H3/b6-3-,8-4-. The lowest BCUT2D eigenvalue weighted by Gasteiger charge is -2.21. The molecule has 0 N–H and O–H groups in total. The van der Waals surface area contributed by atoms with Crippen molar-refractivity contribution in [3.8, 4) is 0 Å². The summed E-state index contributed by atoms with van der Waals surface area (Å²) in [6.45, 7) is 0. The van der Waals surface area contributed by atoms with Gasteiger partial charge in [0.05, 0.1) is 13.0 Å². The van der Waals surface area contributed by atoms with Gasteiger partial charge in [0.15, 0.2) is 0 Å². The lowest BCUT2D eigenvalue weighted by Crippen LogP contribution is -2.23. The number of rotatable bonds is 1. The summed E-state index contributed by atoms with van der Waals surface area (Å²) in [6, 6.07) is 0. The van der Waals surface area contributed by atoms with Gasteiger partial charge in [0, 0.05) is 5.92 Å². The van der Waals surface area contributed by atoms with Crippen molar-refractivity contribution >= 4 is 5.97 Å². The first kappa shape index (κ1) is 10.2. The molecular formula is C13H16O2. The topological polar surface area (TPSA) is 26.3 Å². The van der Waals surface area contributed by atoms with Gasteiger partial charge in [-0.05, 0) is 24.8 Å². The van der Waals surface area contributed by atoms with Gasteiger partial charge in [-0.3, -0.25) is 4.79 Å². The molecule has 0 saturated heterocycles. The molecule has 2 nitrogen and oxygen atoms in total. The molecule has 0 fully saturated rings. The molecule has 0 heterocycles. The van der Waals surface area contributed by atoms with E-state index in [2.05, 4.69) is 18.2 Å². The van der Waals surface area contributed by atoms with Crippen LogP contribution in [-0.4, -0.2) is 13.1 Å². The molecule has 2 heteroatoms. The highest BCUT2D eigenvalue weighted by molar-refractivity contribution is 5.75. The Labute approximate surface area is 90.3 Å². The fourth-order valence-corrected chi connectivity index (χ4v) is 2.35. The van der Waals surface area contributed by atoms with Crippen LogP contribution < -0.4 is 0 Å². The van der Waals surface area contributed by atoms with E-state index in [1.54, 1.807) is 0 Å². The lowest BCUT2D eigenvalue weighted by atomic mass is 9.85. The lowest BCUT2D eigenvalue weighted by molar-refractivity contribution is -0.144. The van der Waals surface area contributed by atoms with Crippen molar-refractivity contribution in [3.05, 3.63) is 36.0 Å². The Balaban J connectivity index is 2.25. The zero-order valence-electron chi connectivity index (χ0n) is 8.98. The van der Waals surface area contributed by atoms with Crippen molar-refractivity contribution in [1.29, 1.82) is 0 Å². The zero-order chi connectivity index (χ0) is 10.7. The van der Waals surface area contributed by atoms with E-state index in [1.807, 2.05) is 12.2 Å². The number of esters is 1. The number of hydrogen-bond acceptors (Lipinski definition) is 2. The molecule has 2 aliphatic rings. The van der Waals surface area contributed by atoms with Crippen LogP contribution in [0.15, 0.2) is 36.0 Å². The van der Waals surface area contributed by atoms with Gasteiger partial charge >= 0.3 is 5.97 Å². The maximum atomic E-state index is 11.6. The molecule has 2 atom stereocenters. The number of methoxy groups -OCH3 is 1. The number of carbonyl (C=O) groups is 1. The summed E-state index contributed by atoms with van der Waals surface area (Å²) in [5.41, 5.74) is 1.30. The van der Waals surface area contributed by atoms with Crippen molar-refractivity contribution in [2.24, 2.45) is 11.8 Å². The maximum Gasteiger partial charge on any atom is 0.313 e. The van der Waals surface area contributed by atoms with Crippen molar-refractivity contribution < 1.29 is 9.53 Å². The third-order valence-electron chi connectivity index (χ3n) is 3.12. The van der Waals surface area contributed by atoms with Crippen LogP contribution in [0.2, 0.25) is 0 Å². The molecule has 0 aliphatic heterocycles. The summed E-state index contributed by atoms with van der Waals surface area (Å²) in [5, 5.41) is 0. The quantitative estimate of drug-likeness (QED) is 0.485. The van der Waals surface area contributed by atoms with Crippen LogP contribution in [0, 0.1) is 11.8 Å². The van der Waals surface area contributed by atoms with Crippen molar-refractivity contribution in [3.63, 3.8) is 0 Å². The Hall–Kier alpha value is -1.31. The third-order valence-corrected chi connectivity index (χ3v) is 3.12. The maximum absolute atomic E-state index is 11.6. The van der Waals surface area contributed by atoms with Crippen LogP contribution in [0.3, 0.4) is 0 Å². The second kappa shape index (κ2) is 4.47. The number of fused-ring (bicyclic) bond motifs is 1. The second-order valence-electron chi connectivity index (χ2n) is 4.00. The fourth-order valence-electron chi connectivity index (χ4n) is 2.35. The van der Waals surface area contributed by atoms with Crippen molar-refractivity contribution in [1.82, 2.24) is 0 Å². The summed E-state index contributed by atoms with van der Waals surface area (Å²) in [5.74, 6) is 0.123. The van der Waals surface area contributed by atoms with Crippen LogP contribution >= 0.6 is 0 Å². The van der Waals surface area contributed by atoms with Gasteiger partial charge in [-0.15, -0.1) is 0 Å². The highest BCUT2D eigenvalue weighted by Gasteiger charge is 2.31. The highest BCUT2D eigenvalue weighted by atomic mass is 16.5. The van der Waals surface area contributed by atoms with E-state index in [9.17, 15) is 4.79 Å². The Morgan fingerprint density at radius 2 is 2.33 bits per heavy atom. The molecule has 0 saturated carbocycles. The van der Waals surface area contributed by atoms with Crippen LogP contribution in [-0.2, 0) is 9.53 Å². The molecule has 0 spiro atoms. The SMILES string of the molecule is COC(=O)C1/C=C\C/C=C\C2=CCCC21. The van der Waals surface area contributed by atoms with Crippen LogP contribution in [0.25, 0.3) is 0 Å². The summed E-state index contributed by atoms with van der Waals surface area (Å²) >= 11 is 0. The molecular weight excluding hydrogens is 188 g/mol. The highest BCUT2D eigenvalue weighted by Crippen LogP contribution is 2.35. The minimum atomic E-state index is -0.112. The van der Waals surface area contributed by atoms with Gasteiger partial charge in [0.25, 0.3) is 0 Å². The molecule has 0 amide bonds. The van der Waals surface area contributed by atoms with E-state index >= 15 is 0 Å². The number of hydrogen-bond donors (Lipinski definition) is 0. The second-order valence-corrected chi connectivity index (χ2v) is 4.00. The summed E-state index contributed by atoms with van der Waals surface area (Å²) in [6.07, 6.45) is 13.6. The van der Waals surface area contributed by atoms with Gasteiger partial charge in [0.1, 0.15) is 0 Å². The number of allylic oxidation sites excluding steroid dienone is 5. The van der Waals surface area contributed by atoms with Crippen molar-refractivity contribution in [2.75, 3.05) is 7.11 Å². The molecule has 80 valence electrons. The first-order valence-corrected chi connectivity index (χ1v) is 5.44. The Morgan fingerprint density at radius 1 is 1.47 bits per heavy atom. The van der Waals surface area contributed by atoms with E-state index in [-0.39, 0.29) is 11.9 Å². The predicted octanol–water partition coefficient (Wildman–Crippen LogP) is 2.63. The molecule has 0 radical (unpaired) electrons. The largest absolute Gasteiger partial charge is 0.469 e. The van der Waals surface area contributed by atoms with E-state index < -0.39 is 0 Å². The molecule has 2 unspecified atom stereocenters. The first-order chi connectivity index (χ1) is 7.33. The molecule has 0 aromatic heterocycles. The normalized spacial score (nSPS) is 33.3. The number of ether oxygens (including phenoxy) is 1. The average molecular weight is 204 g/mol. The first-order valence-electron chi connectivity index (χ1n) is 5.44.